The quantitative estimate of drug-likeness (QED) is 0.885. The van der Waals surface area contributed by atoms with Crippen molar-refractivity contribution in [2.75, 3.05) is 0 Å². The molecule has 18 heavy (non-hydrogen) atoms. The molecule has 5 heteroatoms. The summed E-state index contributed by atoms with van der Waals surface area (Å²) in [4.78, 5) is 7.90. The van der Waals surface area contributed by atoms with Gasteiger partial charge in [-0.25, -0.2) is 18.7 Å². The molecule has 0 bridgehead atoms. The van der Waals surface area contributed by atoms with Crippen LogP contribution in [-0.4, -0.2) is 9.97 Å². The van der Waals surface area contributed by atoms with Gasteiger partial charge in [0, 0.05) is 24.8 Å². The SMILES string of the molecule is FC(F)c1ccc(CNCc2ccncn2)cc1. The van der Waals surface area contributed by atoms with E-state index >= 15 is 0 Å². The monoisotopic (exact) mass is 249 g/mol. The van der Waals surface area contributed by atoms with Crippen LogP contribution in [0.5, 0.6) is 0 Å². The molecule has 0 saturated carbocycles. The number of rotatable bonds is 5. The van der Waals surface area contributed by atoms with Gasteiger partial charge in [0.05, 0.1) is 5.69 Å². The first kappa shape index (κ1) is 12.6. The van der Waals surface area contributed by atoms with Gasteiger partial charge in [-0.3, -0.25) is 0 Å². The molecule has 0 unspecified atom stereocenters. The van der Waals surface area contributed by atoms with E-state index in [2.05, 4.69) is 15.3 Å². The fourth-order valence-corrected chi connectivity index (χ4v) is 1.54. The minimum Gasteiger partial charge on any atom is -0.307 e. The van der Waals surface area contributed by atoms with Gasteiger partial charge in [0.15, 0.2) is 0 Å². The van der Waals surface area contributed by atoms with Gasteiger partial charge < -0.3 is 5.32 Å². The molecule has 1 heterocycles. The lowest BCUT2D eigenvalue weighted by atomic mass is 10.1. The summed E-state index contributed by atoms with van der Waals surface area (Å²) in [6.45, 7) is 1.24. The molecule has 0 radical (unpaired) electrons. The minimum atomic E-state index is -2.41. The molecule has 0 aliphatic carbocycles. The molecule has 2 rings (SSSR count). The Bertz CT molecular complexity index is 471. The average molecular weight is 249 g/mol. The lowest BCUT2D eigenvalue weighted by molar-refractivity contribution is 0.151. The number of benzene rings is 1. The molecule has 1 aromatic heterocycles. The standard InChI is InChI=1S/C13H13F2N3/c14-13(15)11-3-1-10(2-4-11)7-17-8-12-5-6-16-9-18-12/h1-6,9,13,17H,7-8H2. The first-order chi connectivity index (χ1) is 8.75. The van der Waals surface area contributed by atoms with Crippen molar-refractivity contribution in [1.82, 2.24) is 15.3 Å². The van der Waals surface area contributed by atoms with E-state index in [-0.39, 0.29) is 5.56 Å². The molecule has 0 aliphatic rings. The third kappa shape index (κ3) is 3.56. The number of halogens is 2. The molecule has 0 saturated heterocycles. The molecule has 0 atom stereocenters. The Hall–Kier alpha value is -1.88. The van der Waals surface area contributed by atoms with Crippen LogP contribution in [0.15, 0.2) is 42.9 Å². The van der Waals surface area contributed by atoms with Crippen molar-refractivity contribution in [3.8, 4) is 0 Å². The summed E-state index contributed by atoms with van der Waals surface area (Å²) in [5.41, 5.74) is 1.91. The van der Waals surface area contributed by atoms with Gasteiger partial charge in [0.25, 0.3) is 6.43 Å². The van der Waals surface area contributed by atoms with E-state index in [1.807, 2.05) is 6.07 Å². The Morgan fingerprint density at radius 3 is 2.44 bits per heavy atom. The summed E-state index contributed by atoms with van der Waals surface area (Å²) in [6, 6.07) is 8.13. The van der Waals surface area contributed by atoms with Crippen molar-refractivity contribution in [1.29, 1.82) is 0 Å². The highest BCUT2D eigenvalue weighted by Crippen LogP contribution is 2.18. The van der Waals surface area contributed by atoms with E-state index in [9.17, 15) is 8.78 Å². The Labute approximate surface area is 104 Å². The predicted octanol–water partition coefficient (Wildman–Crippen LogP) is 2.70. The maximum Gasteiger partial charge on any atom is 0.263 e. The zero-order valence-electron chi connectivity index (χ0n) is 9.68. The first-order valence-electron chi connectivity index (χ1n) is 5.58. The third-order valence-corrected chi connectivity index (χ3v) is 2.51. The number of hydrogen-bond donors (Lipinski definition) is 1. The molecule has 1 aromatic carbocycles. The van der Waals surface area contributed by atoms with Crippen LogP contribution in [0, 0.1) is 0 Å². The topological polar surface area (TPSA) is 37.8 Å². The van der Waals surface area contributed by atoms with E-state index in [0.717, 1.165) is 11.3 Å². The largest absolute Gasteiger partial charge is 0.307 e. The van der Waals surface area contributed by atoms with Gasteiger partial charge >= 0.3 is 0 Å². The second-order valence-electron chi connectivity index (χ2n) is 3.85. The molecule has 0 aliphatic heterocycles. The zero-order valence-corrected chi connectivity index (χ0v) is 9.68. The maximum absolute atomic E-state index is 12.3. The molecule has 3 nitrogen and oxygen atoms in total. The van der Waals surface area contributed by atoms with Crippen molar-refractivity contribution in [2.45, 2.75) is 19.5 Å². The predicted molar refractivity (Wildman–Crippen MR) is 64.0 cm³/mol. The summed E-state index contributed by atoms with van der Waals surface area (Å²) >= 11 is 0. The van der Waals surface area contributed by atoms with Gasteiger partial charge in [0.2, 0.25) is 0 Å². The van der Waals surface area contributed by atoms with Gasteiger partial charge in [-0.15, -0.1) is 0 Å². The van der Waals surface area contributed by atoms with Crippen LogP contribution >= 0.6 is 0 Å². The van der Waals surface area contributed by atoms with Crippen molar-refractivity contribution >= 4 is 0 Å². The zero-order chi connectivity index (χ0) is 12.8. The van der Waals surface area contributed by atoms with Gasteiger partial charge in [0.1, 0.15) is 6.33 Å². The first-order valence-corrected chi connectivity index (χ1v) is 5.58. The molecule has 0 fully saturated rings. The van der Waals surface area contributed by atoms with Crippen molar-refractivity contribution in [2.24, 2.45) is 0 Å². The summed E-state index contributed by atoms with van der Waals surface area (Å²) in [5.74, 6) is 0. The molecule has 94 valence electrons. The van der Waals surface area contributed by atoms with Crippen LogP contribution in [0.25, 0.3) is 0 Å². The normalized spacial score (nSPS) is 10.8. The minimum absolute atomic E-state index is 0.0505. The summed E-state index contributed by atoms with van der Waals surface area (Å²) in [7, 11) is 0. The summed E-state index contributed by atoms with van der Waals surface area (Å²) < 4.78 is 24.7. The van der Waals surface area contributed by atoms with Gasteiger partial charge in [-0.05, 0) is 11.6 Å². The van der Waals surface area contributed by atoms with Crippen LogP contribution in [0.1, 0.15) is 23.2 Å². The average Bonchev–Trinajstić information content (AvgIpc) is 2.40. The molecular formula is C13H13F2N3. The van der Waals surface area contributed by atoms with Crippen LogP contribution in [0.2, 0.25) is 0 Å². The van der Waals surface area contributed by atoms with Crippen molar-refractivity contribution < 1.29 is 8.78 Å². The fraction of sp³-hybridized carbons (Fsp3) is 0.231. The number of alkyl halides is 2. The highest BCUT2D eigenvalue weighted by molar-refractivity contribution is 5.23. The molecular weight excluding hydrogens is 236 g/mol. The summed E-state index contributed by atoms with van der Waals surface area (Å²) in [5, 5.41) is 3.19. The molecule has 0 spiro atoms. The van der Waals surface area contributed by atoms with Crippen LogP contribution in [0.3, 0.4) is 0 Å². The maximum atomic E-state index is 12.3. The number of aromatic nitrogens is 2. The Balaban J connectivity index is 1.83. The van der Waals surface area contributed by atoms with Crippen LogP contribution in [-0.2, 0) is 13.1 Å². The van der Waals surface area contributed by atoms with Crippen LogP contribution < -0.4 is 5.32 Å². The fourth-order valence-electron chi connectivity index (χ4n) is 1.54. The Morgan fingerprint density at radius 2 is 1.83 bits per heavy atom. The molecule has 2 aromatic rings. The molecule has 0 amide bonds. The molecule has 1 N–H and O–H groups in total. The summed E-state index contributed by atoms with van der Waals surface area (Å²) in [6.07, 6.45) is 0.767. The number of nitrogens with zero attached hydrogens (tertiary/aromatic N) is 2. The van der Waals surface area contributed by atoms with Crippen molar-refractivity contribution in [3.63, 3.8) is 0 Å². The third-order valence-electron chi connectivity index (χ3n) is 2.51. The number of hydrogen-bond acceptors (Lipinski definition) is 3. The van der Waals surface area contributed by atoms with Crippen LogP contribution in [0.4, 0.5) is 8.78 Å². The Morgan fingerprint density at radius 1 is 1.06 bits per heavy atom. The smallest absolute Gasteiger partial charge is 0.263 e. The van der Waals surface area contributed by atoms with E-state index in [4.69, 9.17) is 0 Å². The lowest BCUT2D eigenvalue weighted by Crippen LogP contribution is -2.13. The van der Waals surface area contributed by atoms with E-state index in [1.165, 1.54) is 18.5 Å². The van der Waals surface area contributed by atoms with E-state index < -0.39 is 6.43 Å². The van der Waals surface area contributed by atoms with Crippen molar-refractivity contribution in [3.05, 3.63) is 59.7 Å². The van der Waals surface area contributed by atoms with Gasteiger partial charge in [-0.1, -0.05) is 24.3 Å². The second kappa shape index (κ2) is 6.16. The highest BCUT2D eigenvalue weighted by atomic mass is 19.3. The Kier molecular flexibility index (Phi) is 4.30. The number of nitrogens with one attached hydrogen (secondary N) is 1. The van der Waals surface area contributed by atoms with Gasteiger partial charge in [-0.2, -0.15) is 0 Å². The lowest BCUT2D eigenvalue weighted by Gasteiger charge is -2.05. The van der Waals surface area contributed by atoms with E-state index in [0.29, 0.717) is 13.1 Å². The second-order valence-corrected chi connectivity index (χ2v) is 3.85. The van der Waals surface area contributed by atoms with E-state index in [1.54, 1.807) is 18.3 Å². The highest BCUT2D eigenvalue weighted by Gasteiger charge is 2.05.